The molecule has 0 aliphatic heterocycles. The highest BCUT2D eigenvalue weighted by molar-refractivity contribution is 7.87. The van der Waals surface area contributed by atoms with Crippen LogP contribution < -0.4 is 0 Å². The molecule has 2 rings (SSSR count). The Balaban J connectivity index is 1.63. The van der Waals surface area contributed by atoms with Gasteiger partial charge in [0.25, 0.3) is 0 Å². The molecule has 25 heavy (non-hydrogen) atoms. The van der Waals surface area contributed by atoms with Crippen molar-refractivity contribution in [1.82, 2.24) is 0 Å². The van der Waals surface area contributed by atoms with Crippen LogP contribution in [0.3, 0.4) is 0 Å². The molecule has 148 valence electrons. The Labute approximate surface area is 144 Å². The van der Waals surface area contributed by atoms with Crippen LogP contribution in [0.25, 0.3) is 0 Å². The van der Waals surface area contributed by atoms with Crippen LogP contribution in [0.4, 0.5) is 17.6 Å². The number of rotatable bonds is 9. The van der Waals surface area contributed by atoms with Gasteiger partial charge in [-0.1, -0.05) is 19.3 Å². The molecule has 2 unspecified atom stereocenters. The van der Waals surface area contributed by atoms with Gasteiger partial charge in [-0.25, -0.2) is 0 Å². The van der Waals surface area contributed by atoms with Crippen molar-refractivity contribution in [2.24, 2.45) is 17.8 Å². The third-order valence-electron chi connectivity index (χ3n) is 5.06. The minimum atomic E-state index is -6.20. The third kappa shape index (κ3) is 5.27. The number of alkyl halides is 4. The van der Waals surface area contributed by atoms with E-state index in [-0.39, 0.29) is 6.79 Å². The summed E-state index contributed by atoms with van der Waals surface area (Å²) >= 11 is 0. The van der Waals surface area contributed by atoms with Crippen molar-refractivity contribution < 1.29 is 40.0 Å². The van der Waals surface area contributed by atoms with Gasteiger partial charge in [-0.2, -0.15) is 26.0 Å². The van der Waals surface area contributed by atoms with Crippen molar-refractivity contribution in [3.63, 3.8) is 0 Å². The minimum absolute atomic E-state index is 0.320. The second kappa shape index (κ2) is 8.06. The summed E-state index contributed by atoms with van der Waals surface area (Å²) in [7, 11) is -6.20. The van der Waals surface area contributed by atoms with Gasteiger partial charge in [0.2, 0.25) is 0 Å². The molecule has 10 heteroatoms. The van der Waals surface area contributed by atoms with Gasteiger partial charge in [-0.3, -0.25) is 4.55 Å². The van der Waals surface area contributed by atoms with E-state index in [2.05, 4.69) is 0 Å². The van der Waals surface area contributed by atoms with Gasteiger partial charge in [0.15, 0.2) is 0 Å². The number of fused-ring (bicyclic) bond motifs is 2. The molecule has 0 spiro atoms. The van der Waals surface area contributed by atoms with Crippen molar-refractivity contribution in [1.29, 1.82) is 0 Å². The Kier molecular flexibility index (Phi) is 6.72. The molecule has 1 N–H and O–H groups in total. The molecule has 2 bridgehead atoms. The minimum Gasteiger partial charge on any atom is -0.355 e. The van der Waals surface area contributed by atoms with E-state index in [0.717, 1.165) is 24.7 Å². The van der Waals surface area contributed by atoms with Gasteiger partial charge in [-0.15, -0.1) is 0 Å². The maximum Gasteiger partial charge on any atom is 0.431 e. The van der Waals surface area contributed by atoms with Crippen LogP contribution in [-0.4, -0.2) is 44.2 Å². The maximum atomic E-state index is 13.2. The van der Waals surface area contributed by atoms with Crippen LogP contribution in [0.15, 0.2) is 0 Å². The summed E-state index contributed by atoms with van der Waals surface area (Å²) in [6.07, 6.45) is 5.63. The van der Waals surface area contributed by atoms with Crippen LogP contribution in [-0.2, 0) is 19.6 Å². The Hall–Kier alpha value is -0.450. The summed E-state index contributed by atoms with van der Waals surface area (Å²) in [6.45, 7) is -0.696. The summed E-state index contributed by atoms with van der Waals surface area (Å²) in [5, 5.41) is -5.55. The molecule has 0 radical (unpaired) electrons. The Bertz CT molecular complexity index is 528. The highest BCUT2D eigenvalue weighted by Crippen LogP contribution is 2.42. The fourth-order valence-electron chi connectivity index (χ4n) is 3.87. The van der Waals surface area contributed by atoms with Crippen molar-refractivity contribution >= 4 is 10.1 Å². The molecule has 2 saturated carbocycles. The lowest BCUT2D eigenvalue weighted by Gasteiger charge is -2.38. The zero-order valence-corrected chi connectivity index (χ0v) is 14.6. The first kappa shape index (κ1) is 20.9. The van der Waals surface area contributed by atoms with E-state index < -0.39 is 34.3 Å². The fraction of sp³-hybridized carbons (Fsp3) is 1.00. The van der Waals surface area contributed by atoms with E-state index in [1.165, 1.54) is 25.7 Å². The van der Waals surface area contributed by atoms with E-state index in [9.17, 15) is 26.0 Å². The third-order valence-corrected chi connectivity index (χ3v) is 6.00. The van der Waals surface area contributed by atoms with Crippen molar-refractivity contribution in [2.75, 3.05) is 20.0 Å². The van der Waals surface area contributed by atoms with E-state index in [1.54, 1.807) is 0 Å². The lowest BCUT2D eigenvalue weighted by atomic mass is 9.68. The quantitative estimate of drug-likeness (QED) is 0.280. The lowest BCUT2D eigenvalue weighted by Crippen LogP contribution is -2.47. The van der Waals surface area contributed by atoms with Gasteiger partial charge in [0.05, 0.1) is 13.2 Å². The summed E-state index contributed by atoms with van der Waals surface area (Å²) in [5.74, 6) is -3.08. The standard InChI is InChI=1S/C15H24F4O5S/c16-14(17,15(18,19)25(20,21)22)4-5-23-10-24-9-13-7-11-2-1-3-12(6-11)8-13/h11-13H,1-10H2,(H,20,21,22). The van der Waals surface area contributed by atoms with Crippen molar-refractivity contribution in [3.8, 4) is 0 Å². The second-order valence-corrected chi connectivity index (χ2v) is 8.54. The molecule has 0 saturated heterocycles. The predicted molar refractivity (Wildman–Crippen MR) is 81.0 cm³/mol. The molecule has 0 aromatic rings. The summed E-state index contributed by atoms with van der Waals surface area (Å²) in [4.78, 5) is 0. The average Bonchev–Trinajstić information content (AvgIpc) is 2.49. The van der Waals surface area contributed by atoms with E-state index in [0.29, 0.717) is 12.5 Å². The van der Waals surface area contributed by atoms with E-state index >= 15 is 0 Å². The van der Waals surface area contributed by atoms with Crippen molar-refractivity contribution in [2.45, 2.75) is 56.1 Å². The Morgan fingerprint density at radius 2 is 1.60 bits per heavy atom. The van der Waals surface area contributed by atoms with Crippen molar-refractivity contribution in [3.05, 3.63) is 0 Å². The number of hydrogen-bond donors (Lipinski definition) is 1. The molecular weight excluding hydrogens is 368 g/mol. The predicted octanol–water partition coefficient (Wildman–Crippen LogP) is 3.70. The maximum absolute atomic E-state index is 13.2. The highest BCUT2D eigenvalue weighted by Gasteiger charge is 2.65. The molecule has 0 aromatic carbocycles. The summed E-state index contributed by atoms with van der Waals surface area (Å²) < 4.78 is 91.3. The number of halogens is 4. The highest BCUT2D eigenvalue weighted by atomic mass is 32.2. The SMILES string of the molecule is O=S(=O)(O)C(F)(F)C(F)(F)CCOCOCC1CC2CCCC(C2)C1. The Morgan fingerprint density at radius 3 is 2.16 bits per heavy atom. The molecule has 0 aromatic heterocycles. The molecule has 5 nitrogen and oxygen atoms in total. The Morgan fingerprint density at radius 1 is 1.00 bits per heavy atom. The fourth-order valence-corrected chi connectivity index (χ4v) is 4.35. The molecular formula is C15H24F4O5S. The zero-order valence-electron chi connectivity index (χ0n) is 13.8. The molecule has 2 aliphatic carbocycles. The molecule has 0 heterocycles. The van der Waals surface area contributed by atoms with E-state index in [1.807, 2.05) is 0 Å². The van der Waals surface area contributed by atoms with Gasteiger partial charge < -0.3 is 9.47 Å². The van der Waals surface area contributed by atoms with Crippen LogP contribution in [0.5, 0.6) is 0 Å². The molecule has 2 atom stereocenters. The monoisotopic (exact) mass is 392 g/mol. The topological polar surface area (TPSA) is 72.8 Å². The first-order chi connectivity index (χ1) is 11.5. The summed E-state index contributed by atoms with van der Waals surface area (Å²) in [6, 6.07) is 0. The first-order valence-electron chi connectivity index (χ1n) is 8.41. The normalized spacial score (nSPS) is 28.1. The van der Waals surface area contributed by atoms with Crippen LogP contribution in [0.1, 0.15) is 44.9 Å². The van der Waals surface area contributed by atoms with Crippen LogP contribution in [0, 0.1) is 17.8 Å². The molecule has 0 amide bonds. The lowest BCUT2D eigenvalue weighted by molar-refractivity contribution is -0.177. The zero-order chi connectivity index (χ0) is 18.7. The largest absolute Gasteiger partial charge is 0.431 e. The summed E-state index contributed by atoms with van der Waals surface area (Å²) in [5.41, 5.74) is 0. The molecule has 2 aliphatic rings. The van der Waals surface area contributed by atoms with Gasteiger partial charge >= 0.3 is 21.3 Å². The average molecular weight is 392 g/mol. The second-order valence-electron chi connectivity index (χ2n) is 7.08. The number of hydrogen-bond acceptors (Lipinski definition) is 4. The van der Waals surface area contributed by atoms with Gasteiger partial charge in [-0.05, 0) is 37.0 Å². The van der Waals surface area contributed by atoms with Crippen LogP contribution in [0.2, 0.25) is 0 Å². The smallest absolute Gasteiger partial charge is 0.355 e. The van der Waals surface area contributed by atoms with E-state index in [4.69, 9.17) is 14.0 Å². The number of ether oxygens (including phenoxy) is 2. The van der Waals surface area contributed by atoms with Crippen LogP contribution >= 0.6 is 0 Å². The van der Waals surface area contributed by atoms with Gasteiger partial charge in [0, 0.05) is 6.42 Å². The first-order valence-corrected chi connectivity index (χ1v) is 9.85. The van der Waals surface area contributed by atoms with Gasteiger partial charge in [0.1, 0.15) is 6.79 Å². The molecule has 2 fully saturated rings.